The highest BCUT2D eigenvalue weighted by atomic mass is 16.2. The van der Waals surface area contributed by atoms with Gasteiger partial charge in [0.25, 0.3) is 0 Å². The highest BCUT2D eigenvalue weighted by molar-refractivity contribution is 5.90. The maximum atomic E-state index is 11.5. The molecule has 3 amide bonds. The molecule has 6 nitrogen and oxygen atoms in total. The topological polar surface area (TPSA) is 96.2 Å². The minimum atomic E-state index is -0.358. The minimum absolute atomic E-state index is 0.0840. The number of hydrogen-bond acceptors (Lipinski definition) is 3. The molecule has 19 heavy (non-hydrogen) atoms. The van der Waals surface area contributed by atoms with Crippen molar-refractivity contribution in [3.8, 4) is 0 Å². The SMILES string of the molecule is CC(C)NC(=O)CCNC(=O)Nc1cccc(N)c1. The molecule has 0 aliphatic rings. The quantitative estimate of drug-likeness (QED) is 0.604. The summed E-state index contributed by atoms with van der Waals surface area (Å²) in [7, 11) is 0. The number of carbonyl (C=O) groups is 2. The molecule has 0 unspecified atom stereocenters. The number of hydrogen-bond donors (Lipinski definition) is 4. The number of rotatable bonds is 5. The Morgan fingerprint density at radius 2 is 2.05 bits per heavy atom. The van der Waals surface area contributed by atoms with Gasteiger partial charge < -0.3 is 21.7 Å². The van der Waals surface area contributed by atoms with Crippen LogP contribution in [0, 0.1) is 0 Å². The van der Waals surface area contributed by atoms with Crippen molar-refractivity contribution < 1.29 is 9.59 Å². The van der Waals surface area contributed by atoms with Crippen LogP contribution in [0.25, 0.3) is 0 Å². The molecule has 1 rings (SSSR count). The van der Waals surface area contributed by atoms with Gasteiger partial charge in [0, 0.05) is 30.4 Å². The summed E-state index contributed by atoms with van der Waals surface area (Å²) in [5.74, 6) is -0.0840. The Balaban J connectivity index is 2.27. The summed E-state index contributed by atoms with van der Waals surface area (Å²) in [4.78, 5) is 22.9. The van der Waals surface area contributed by atoms with E-state index in [0.717, 1.165) is 0 Å². The van der Waals surface area contributed by atoms with Crippen molar-refractivity contribution in [3.05, 3.63) is 24.3 Å². The molecule has 0 saturated carbocycles. The van der Waals surface area contributed by atoms with E-state index in [0.29, 0.717) is 11.4 Å². The molecule has 0 aromatic heterocycles. The normalized spacial score (nSPS) is 10.1. The van der Waals surface area contributed by atoms with Crippen LogP contribution in [0.15, 0.2) is 24.3 Å². The molecule has 0 bridgehead atoms. The molecule has 0 atom stereocenters. The van der Waals surface area contributed by atoms with E-state index in [-0.39, 0.29) is 30.9 Å². The largest absolute Gasteiger partial charge is 0.399 e. The van der Waals surface area contributed by atoms with E-state index in [2.05, 4.69) is 16.0 Å². The van der Waals surface area contributed by atoms with Crippen molar-refractivity contribution in [1.29, 1.82) is 0 Å². The molecule has 0 radical (unpaired) electrons. The lowest BCUT2D eigenvalue weighted by Gasteiger charge is -2.10. The second-order valence-electron chi connectivity index (χ2n) is 4.48. The van der Waals surface area contributed by atoms with Crippen LogP contribution >= 0.6 is 0 Å². The maximum Gasteiger partial charge on any atom is 0.319 e. The third kappa shape index (κ3) is 6.30. The first kappa shape index (κ1) is 14.8. The fraction of sp³-hybridized carbons (Fsp3) is 0.385. The summed E-state index contributed by atoms with van der Waals surface area (Å²) in [6.07, 6.45) is 0.253. The van der Waals surface area contributed by atoms with Crippen molar-refractivity contribution in [2.45, 2.75) is 26.3 Å². The molecule has 0 fully saturated rings. The van der Waals surface area contributed by atoms with Crippen LogP contribution in [0.3, 0.4) is 0 Å². The third-order valence-corrected chi connectivity index (χ3v) is 2.23. The standard InChI is InChI=1S/C13H20N4O2/c1-9(2)16-12(18)6-7-15-13(19)17-11-5-3-4-10(14)8-11/h3-5,8-9H,6-7,14H2,1-2H3,(H,16,18)(H2,15,17,19). The van der Waals surface area contributed by atoms with Gasteiger partial charge in [0.05, 0.1) is 0 Å². The Labute approximate surface area is 112 Å². The number of nitrogen functional groups attached to an aromatic ring is 1. The number of anilines is 2. The number of urea groups is 1. The first-order valence-corrected chi connectivity index (χ1v) is 6.17. The van der Waals surface area contributed by atoms with Gasteiger partial charge in [-0.1, -0.05) is 6.07 Å². The van der Waals surface area contributed by atoms with Crippen LogP contribution in [-0.2, 0) is 4.79 Å². The zero-order valence-corrected chi connectivity index (χ0v) is 11.2. The van der Waals surface area contributed by atoms with E-state index in [9.17, 15) is 9.59 Å². The van der Waals surface area contributed by atoms with Crippen LogP contribution in [0.5, 0.6) is 0 Å². The molecule has 5 N–H and O–H groups in total. The lowest BCUT2D eigenvalue weighted by atomic mass is 10.3. The lowest BCUT2D eigenvalue weighted by Crippen LogP contribution is -2.35. The van der Waals surface area contributed by atoms with Gasteiger partial charge in [-0.15, -0.1) is 0 Å². The Kier molecular flexibility index (Phi) is 5.66. The Morgan fingerprint density at radius 1 is 1.32 bits per heavy atom. The molecule has 6 heteroatoms. The van der Waals surface area contributed by atoms with Gasteiger partial charge in [-0.25, -0.2) is 4.79 Å². The molecule has 0 spiro atoms. The highest BCUT2D eigenvalue weighted by Crippen LogP contribution is 2.11. The van der Waals surface area contributed by atoms with Gasteiger partial charge in [0.2, 0.25) is 5.91 Å². The number of nitrogens with two attached hydrogens (primary N) is 1. The Hall–Kier alpha value is -2.24. The summed E-state index contributed by atoms with van der Waals surface area (Å²) in [5, 5.41) is 7.99. The van der Waals surface area contributed by atoms with Crippen LogP contribution in [0.2, 0.25) is 0 Å². The Morgan fingerprint density at radius 3 is 2.68 bits per heavy atom. The van der Waals surface area contributed by atoms with E-state index in [1.165, 1.54) is 0 Å². The van der Waals surface area contributed by atoms with Gasteiger partial charge in [0.15, 0.2) is 0 Å². The fourth-order valence-corrected chi connectivity index (χ4v) is 1.48. The lowest BCUT2D eigenvalue weighted by molar-refractivity contribution is -0.121. The van der Waals surface area contributed by atoms with Gasteiger partial charge in [0.1, 0.15) is 0 Å². The Bertz CT molecular complexity index is 446. The monoisotopic (exact) mass is 264 g/mol. The van der Waals surface area contributed by atoms with Gasteiger partial charge in [-0.2, -0.15) is 0 Å². The van der Waals surface area contributed by atoms with Gasteiger partial charge in [-0.05, 0) is 32.0 Å². The number of carbonyl (C=O) groups excluding carboxylic acids is 2. The zero-order chi connectivity index (χ0) is 14.3. The van der Waals surface area contributed by atoms with Crippen LogP contribution < -0.4 is 21.7 Å². The van der Waals surface area contributed by atoms with E-state index >= 15 is 0 Å². The second-order valence-corrected chi connectivity index (χ2v) is 4.48. The van der Waals surface area contributed by atoms with E-state index in [4.69, 9.17) is 5.73 Å². The minimum Gasteiger partial charge on any atom is -0.399 e. The van der Waals surface area contributed by atoms with E-state index in [1.807, 2.05) is 13.8 Å². The maximum absolute atomic E-state index is 11.5. The van der Waals surface area contributed by atoms with Crippen molar-refractivity contribution in [2.24, 2.45) is 0 Å². The molecule has 104 valence electrons. The van der Waals surface area contributed by atoms with Crippen molar-refractivity contribution >= 4 is 23.3 Å². The number of amides is 3. The van der Waals surface area contributed by atoms with Crippen molar-refractivity contribution in [1.82, 2.24) is 10.6 Å². The number of nitrogens with one attached hydrogen (secondary N) is 3. The fourth-order valence-electron chi connectivity index (χ4n) is 1.48. The first-order valence-electron chi connectivity index (χ1n) is 6.17. The first-order chi connectivity index (χ1) is 8.97. The van der Waals surface area contributed by atoms with Gasteiger partial charge in [-0.3, -0.25) is 4.79 Å². The van der Waals surface area contributed by atoms with Gasteiger partial charge >= 0.3 is 6.03 Å². The highest BCUT2D eigenvalue weighted by Gasteiger charge is 2.05. The predicted molar refractivity (Wildman–Crippen MR) is 75.8 cm³/mol. The van der Waals surface area contributed by atoms with Crippen LogP contribution in [-0.4, -0.2) is 24.5 Å². The second kappa shape index (κ2) is 7.25. The zero-order valence-electron chi connectivity index (χ0n) is 11.2. The molecule has 0 aliphatic heterocycles. The molecular formula is C13H20N4O2. The van der Waals surface area contributed by atoms with E-state index in [1.54, 1.807) is 24.3 Å². The number of benzene rings is 1. The average Bonchev–Trinajstić information content (AvgIpc) is 2.27. The summed E-state index contributed by atoms with van der Waals surface area (Å²) in [5.41, 5.74) is 6.79. The average molecular weight is 264 g/mol. The predicted octanol–water partition coefficient (Wildman–Crippen LogP) is 1.30. The van der Waals surface area contributed by atoms with Crippen LogP contribution in [0.1, 0.15) is 20.3 Å². The molecule has 0 heterocycles. The van der Waals surface area contributed by atoms with E-state index < -0.39 is 0 Å². The summed E-state index contributed by atoms with van der Waals surface area (Å²) < 4.78 is 0. The van der Waals surface area contributed by atoms with Crippen molar-refractivity contribution in [3.63, 3.8) is 0 Å². The van der Waals surface area contributed by atoms with Crippen LogP contribution in [0.4, 0.5) is 16.2 Å². The smallest absolute Gasteiger partial charge is 0.319 e. The molecular weight excluding hydrogens is 244 g/mol. The molecule has 0 aliphatic carbocycles. The molecule has 0 saturated heterocycles. The summed E-state index contributed by atoms with van der Waals surface area (Å²) in [6.45, 7) is 4.06. The third-order valence-electron chi connectivity index (χ3n) is 2.23. The summed E-state index contributed by atoms with van der Waals surface area (Å²) >= 11 is 0. The molecule has 1 aromatic carbocycles. The van der Waals surface area contributed by atoms with Crippen molar-refractivity contribution in [2.75, 3.05) is 17.6 Å². The summed E-state index contributed by atoms with van der Waals surface area (Å²) in [6, 6.07) is 6.63. The molecule has 1 aromatic rings.